The number of nitrogens with one attached hydrogen (secondary N) is 1. The van der Waals surface area contributed by atoms with E-state index in [-0.39, 0.29) is 18.0 Å². The van der Waals surface area contributed by atoms with E-state index in [9.17, 15) is 9.59 Å². The van der Waals surface area contributed by atoms with E-state index in [1.807, 2.05) is 13.8 Å². The largest absolute Gasteiger partial charge is 0.377 e. The first-order valence-corrected chi connectivity index (χ1v) is 11.3. The molecule has 0 bridgehead atoms. The lowest BCUT2D eigenvalue weighted by Crippen LogP contribution is -2.34. The zero-order chi connectivity index (χ0) is 21.8. The Morgan fingerprint density at radius 1 is 1.20 bits per heavy atom. The van der Waals surface area contributed by atoms with Crippen molar-refractivity contribution in [2.45, 2.75) is 47.4 Å². The summed E-state index contributed by atoms with van der Waals surface area (Å²) in [6.45, 7) is 10.4. The van der Waals surface area contributed by atoms with Crippen molar-refractivity contribution in [3.8, 4) is 0 Å². The number of hydrogen-bond donors (Lipinski definition) is 1. The second-order valence-electron chi connectivity index (χ2n) is 6.83. The maximum Gasteiger partial charge on any atom is 0.263 e. The van der Waals surface area contributed by atoms with E-state index in [1.54, 1.807) is 7.11 Å². The topological polar surface area (TPSA) is 102 Å². The van der Waals surface area contributed by atoms with Gasteiger partial charge in [0.2, 0.25) is 11.0 Å². The van der Waals surface area contributed by atoms with Gasteiger partial charge < -0.3 is 4.74 Å². The van der Waals surface area contributed by atoms with Crippen molar-refractivity contribution in [1.29, 1.82) is 0 Å². The Balaban J connectivity index is 1.94. The Hall–Kier alpha value is -2.21. The summed E-state index contributed by atoms with van der Waals surface area (Å²) < 4.78 is 6.50. The molecule has 3 aromatic rings. The molecule has 0 saturated carbocycles. The Labute approximate surface area is 182 Å². The molecule has 3 rings (SSSR count). The molecule has 0 atom stereocenters. The van der Waals surface area contributed by atoms with Gasteiger partial charge in [-0.25, -0.2) is 4.98 Å². The van der Waals surface area contributed by atoms with Crippen LogP contribution < -0.4 is 10.9 Å². The summed E-state index contributed by atoms with van der Waals surface area (Å²) in [6, 6.07) is 0. The van der Waals surface area contributed by atoms with E-state index >= 15 is 0 Å². The second kappa shape index (κ2) is 9.73. The third kappa shape index (κ3) is 4.75. The number of thiophene rings is 1. The van der Waals surface area contributed by atoms with Crippen LogP contribution >= 0.6 is 22.7 Å². The molecule has 9 nitrogen and oxygen atoms in total. The summed E-state index contributed by atoms with van der Waals surface area (Å²) in [6.07, 6.45) is 0. The smallest absolute Gasteiger partial charge is 0.263 e. The van der Waals surface area contributed by atoms with Crippen LogP contribution in [0.25, 0.3) is 10.2 Å². The van der Waals surface area contributed by atoms with Crippen LogP contribution in [0.15, 0.2) is 4.79 Å². The first-order valence-electron chi connectivity index (χ1n) is 9.70. The van der Waals surface area contributed by atoms with Gasteiger partial charge in [0.05, 0.1) is 11.9 Å². The van der Waals surface area contributed by atoms with Crippen LogP contribution in [0, 0.1) is 13.8 Å². The van der Waals surface area contributed by atoms with Crippen molar-refractivity contribution < 1.29 is 9.53 Å². The molecule has 3 aromatic heterocycles. The fourth-order valence-electron chi connectivity index (χ4n) is 3.09. The third-order valence-corrected chi connectivity index (χ3v) is 6.82. The molecule has 0 saturated heterocycles. The quantitative estimate of drug-likeness (QED) is 0.534. The minimum absolute atomic E-state index is 0.133. The van der Waals surface area contributed by atoms with Crippen molar-refractivity contribution >= 4 is 43.9 Å². The molecule has 11 heteroatoms. The van der Waals surface area contributed by atoms with E-state index in [4.69, 9.17) is 9.72 Å². The van der Waals surface area contributed by atoms with Crippen molar-refractivity contribution in [1.82, 2.24) is 24.6 Å². The SMILES string of the molecule is CCN(CC)Cc1nc2sc(C)c(C)c2c(=O)n1CC(=O)Nc1nnc(COC)s1. The van der Waals surface area contributed by atoms with E-state index in [0.717, 1.165) is 28.4 Å². The molecular weight excluding hydrogens is 424 g/mol. The van der Waals surface area contributed by atoms with Gasteiger partial charge in [-0.05, 0) is 32.5 Å². The molecule has 0 spiro atoms. The van der Waals surface area contributed by atoms with Crippen molar-refractivity contribution in [2.24, 2.45) is 0 Å². The van der Waals surface area contributed by atoms with E-state index in [1.165, 1.54) is 27.2 Å². The Morgan fingerprint density at radius 2 is 1.93 bits per heavy atom. The van der Waals surface area contributed by atoms with Gasteiger partial charge in [-0.3, -0.25) is 24.4 Å². The molecule has 0 aliphatic carbocycles. The summed E-state index contributed by atoms with van der Waals surface area (Å²) >= 11 is 2.76. The Kier molecular flexibility index (Phi) is 7.29. The normalized spacial score (nSPS) is 11.5. The van der Waals surface area contributed by atoms with Crippen LogP contribution in [0.2, 0.25) is 0 Å². The first kappa shape index (κ1) is 22.5. The van der Waals surface area contributed by atoms with E-state index in [2.05, 4.69) is 34.3 Å². The van der Waals surface area contributed by atoms with Gasteiger partial charge in [-0.2, -0.15) is 0 Å². The zero-order valence-electron chi connectivity index (χ0n) is 17.8. The number of fused-ring (bicyclic) bond motifs is 1. The fraction of sp³-hybridized carbons (Fsp3) is 0.526. The highest BCUT2D eigenvalue weighted by molar-refractivity contribution is 7.18. The molecule has 0 aliphatic rings. The van der Waals surface area contributed by atoms with Gasteiger partial charge in [0.1, 0.15) is 28.8 Å². The molecule has 3 heterocycles. The number of aromatic nitrogens is 4. The van der Waals surface area contributed by atoms with Crippen molar-refractivity contribution in [3.63, 3.8) is 0 Å². The maximum atomic E-state index is 13.3. The fourth-order valence-corrected chi connectivity index (χ4v) is 4.86. The van der Waals surface area contributed by atoms with Crippen LogP contribution in [-0.4, -0.2) is 50.8 Å². The maximum absolute atomic E-state index is 13.3. The third-order valence-electron chi connectivity index (χ3n) is 4.91. The Bertz CT molecular complexity index is 1100. The summed E-state index contributed by atoms with van der Waals surface area (Å²) in [5.41, 5.74) is 0.737. The number of hydrogen-bond acceptors (Lipinski definition) is 9. The molecule has 0 radical (unpaired) electrons. The van der Waals surface area contributed by atoms with Gasteiger partial charge in [0.25, 0.3) is 5.56 Å². The number of carbonyl (C=O) groups excluding carboxylic acids is 1. The lowest BCUT2D eigenvalue weighted by Gasteiger charge is -2.20. The number of ether oxygens (including phenoxy) is 1. The summed E-state index contributed by atoms with van der Waals surface area (Å²) in [7, 11) is 1.57. The van der Waals surface area contributed by atoms with Crippen molar-refractivity contribution in [2.75, 3.05) is 25.5 Å². The highest BCUT2D eigenvalue weighted by atomic mass is 32.1. The number of aryl methyl sites for hydroxylation is 2. The monoisotopic (exact) mass is 450 g/mol. The van der Waals surface area contributed by atoms with Gasteiger partial charge >= 0.3 is 0 Å². The second-order valence-corrected chi connectivity index (χ2v) is 9.09. The van der Waals surface area contributed by atoms with Crippen molar-refractivity contribution in [3.05, 3.63) is 31.6 Å². The highest BCUT2D eigenvalue weighted by Crippen LogP contribution is 2.26. The van der Waals surface area contributed by atoms with Crippen LogP contribution in [0.4, 0.5) is 5.13 Å². The summed E-state index contributed by atoms with van der Waals surface area (Å²) in [5.74, 6) is 0.244. The number of nitrogens with zero attached hydrogens (tertiary/aromatic N) is 5. The molecular formula is C19H26N6O3S2. The van der Waals surface area contributed by atoms with Crippen LogP contribution in [0.3, 0.4) is 0 Å². The van der Waals surface area contributed by atoms with Crippen LogP contribution in [0.1, 0.15) is 35.1 Å². The number of methoxy groups -OCH3 is 1. The molecule has 162 valence electrons. The molecule has 1 amide bonds. The van der Waals surface area contributed by atoms with Gasteiger partial charge in [0, 0.05) is 12.0 Å². The molecule has 0 fully saturated rings. The first-order chi connectivity index (χ1) is 14.4. The predicted octanol–water partition coefficient (Wildman–Crippen LogP) is 2.55. The minimum atomic E-state index is -0.344. The number of carbonyl (C=O) groups is 1. The molecule has 0 aliphatic heterocycles. The van der Waals surface area contributed by atoms with Gasteiger partial charge in [-0.1, -0.05) is 25.2 Å². The summed E-state index contributed by atoms with van der Waals surface area (Å²) in [4.78, 5) is 34.7. The molecule has 30 heavy (non-hydrogen) atoms. The lowest BCUT2D eigenvalue weighted by atomic mass is 10.2. The predicted molar refractivity (Wildman–Crippen MR) is 119 cm³/mol. The number of rotatable bonds is 9. The van der Waals surface area contributed by atoms with E-state index in [0.29, 0.717) is 34.5 Å². The van der Waals surface area contributed by atoms with Gasteiger partial charge in [0.15, 0.2) is 0 Å². The molecule has 0 aromatic carbocycles. The van der Waals surface area contributed by atoms with Crippen LogP contribution in [0.5, 0.6) is 0 Å². The highest BCUT2D eigenvalue weighted by Gasteiger charge is 2.20. The van der Waals surface area contributed by atoms with Crippen LogP contribution in [-0.2, 0) is 29.2 Å². The Morgan fingerprint density at radius 3 is 2.60 bits per heavy atom. The minimum Gasteiger partial charge on any atom is -0.377 e. The summed E-state index contributed by atoms with van der Waals surface area (Å²) in [5, 5.41) is 12.3. The number of amides is 1. The molecule has 1 N–H and O–H groups in total. The average Bonchev–Trinajstić information content (AvgIpc) is 3.26. The molecule has 0 unspecified atom stereocenters. The lowest BCUT2D eigenvalue weighted by molar-refractivity contribution is -0.116. The number of anilines is 1. The standard InChI is InChI=1S/C19H26N6O3S2/c1-6-24(7-2)8-13-20-17-16(11(3)12(4)29-17)18(27)25(13)9-14(26)21-19-23-22-15(30-19)10-28-5/h6-10H2,1-5H3,(H,21,23,26). The zero-order valence-corrected chi connectivity index (χ0v) is 19.4. The average molecular weight is 451 g/mol. The van der Waals surface area contributed by atoms with Gasteiger partial charge in [-0.15, -0.1) is 21.5 Å². The van der Waals surface area contributed by atoms with E-state index < -0.39 is 0 Å².